The van der Waals surface area contributed by atoms with E-state index in [0.29, 0.717) is 12.0 Å². The summed E-state index contributed by atoms with van der Waals surface area (Å²) in [5, 5.41) is 14.0. The van der Waals surface area contributed by atoms with Crippen LogP contribution in [0.5, 0.6) is 0 Å². The molecule has 1 saturated heterocycles. The van der Waals surface area contributed by atoms with Gasteiger partial charge < -0.3 is 15.5 Å². The number of hydrogen-bond donors (Lipinski definition) is 2. The van der Waals surface area contributed by atoms with E-state index in [4.69, 9.17) is 5.26 Å². The Hall–Kier alpha value is -2.43. The van der Waals surface area contributed by atoms with Crippen molar-refractivity contribution in [3.05, 3.63) is 35.4 Å². The number of likely N-dealkylation sites (N-methyl/N-ethyl adjacent to an activating group) is 1. The summed E-state index contributed by atoms with van der Waals surface area (Å²) in [5.74, 6) is -0.358. The highest BCUT2D eigenvalue weighted by Gasteiger charge is 2.22. The highest BCUT2D eigenvalue weighted by molar-refractivity contribution is 5.97. The van der Waals surface area contributed by atoms with Crippen LogP contribution >= 0.6 is 0 Å². The molecule has 0 unspecified atom stereocenters. The molecule has 0 aliphatic carbocycles. The van der Waals surface area contributed by atoms with Crippen molar-refractivity contribution in [3.8, 4) is 6.07 Å². The molecule has 1 heterocycles. The predicted octanol–water partition coefficient (Wildman–Crippen LogP) is 1.22. The first-order valence-corrected chi connectivity index (χ1v) is 9.84. The number of rotatable bonds is 8. The smallest absolute Gasteiger partial charge is 0.251 e. The van der Waals surface area contributed by atoms with Crippen molar-refractivity contribution in [3.63, 3.8) is 0 Å². The van der Waals surface area contributed by atoms with Crippen LogP contribution in [0.2, 0.25) is 0 Å². The number of carbonyl (C=O) groups excluding carboxylic acids is 2. The maximum atomic E-state index is 12.6. The largest absolute Gasteiger partial charge is 0.341 e. The number of nitrogens with one attached hydrogen (secondary N) is 2. The van der Waals surface area contributed by atoms with Crippen LogP contribution in [0.15, 0.2) is 24.3 Å². The lowest BCUT2D eigenvalue weighted by Crippen LogP contribution is -2.47. The molecule has 1 aliphatic heterocycles. The molecule has 0 radical (unpaired) electrons. The lowest BCUT2D eigenvalue weighted by Gasteiger charge is -2.32. The van der Waals surface area contributed by atoms with Gasteiger partial charge in [0.1, 0.15) is 12.6 Å². The van der Waals surface area contributed by atoms with Crippen LogP contribution in [0.3, 0.4) is 0 Å². The van der Waals surface area contributed by atoms with Crippen LogP contribution in [-0.2, 0) is 11.3 Å². The molecule has 1 atom stereocenters. The summed E-state index contributed by atoms with van der Waals surface area (Å²) in [6.07, 6.45) is 0.518. The first-order valence-electron chi connectivity index (χ1n) is 9.84. The van der Waals surface area contributed by atoms with Gasteiger partial charge in [-0.25, -0.2) is 0 Å². The quantitative estimate of drug-likeness (QED) is 0.657. The molecule has 1 aliphatic rings. The monoisotopic (exact) mass is 385 g/mol. The van der Waals surface area contributed by atoms with Gasteiger partial charge in [0, 0.05) is 38.3 Å². The lowest BCUT2D eigenvalue weighted by molar-refractivity contribution is -0.123. The average molecular weight is 386 g/mol. The van der Waals surface area contributed by atoms with E-state index in [1.165, 1.54) is 5.56 Å². The molecule has 7 nitrogen and oxygen atoms in total. The van der Waals surface area contributed by atoms with Crippen molar-refractivity contribution in [2.75, 3.05) is 39.8 Å². The zero-order valence-electron chi connectivity index (χ0n) is 17.1. The Morgan fingerprint density at radius 3 is 2.36 bits per heavy atom. The van der Waals surface area contributed by atoms with Gasteiger partial charge in [0.15, 0.2) is 0 Å². The zero-order valence-corrected chi connectivity index (χ0v) is 17.1. The van der Waals surface area contributed by atoms with Crippen molar-refractivity contribution in [1.29, 1.82) is 5.26 Å². The Kier molecular flexibility index (Phi) is 8.42. The number of nitrogens with zero attached hydrogens (tertiary/aromatic N) is 3. The van der Waals surface area contributed by atoms with Crippen LogP contribution in [-0.4, -0.2) is 67.4 Å². The van der Waals surface area contributed by atoms with Gasteiger partial charge in [-0.1, -0.05) is 26.0 Å². The van der Waals surface area contributed by atoms with Crippen LogP contribution in [0.1, 0.15) is 36.2 Å². The van der Waals surface area contributed by atoms with E-state index < -0.39 is 6.04 Å². The van der Waals surface area contributed by atoms with Crippen molar-refractivity contribution in [2.45, 2.75) is 32.9 Å². The third kappa shape index (κ3) is 6.95. The molecule has 152 valence electrons. The average Bonchev–Trinajstić information content (AvgIpc) is 2.67. The Morgan fingerprint density at radius 1 is 1.14 bits per heavy atom. The summed E-state index contributed by atoms with van der Waals surface area (Å²) < 4.78 is 0. The molecule has 2 N–H and O–H groups in total. The van der Waals surface area contributed by atoms with Gasteiger partial charge in [0.2, 0.25) is 5.91 Å². The highest BCUT2D eigenvalue weighted by Crippen LogP contribution is 2.11. The summed E-state index contributed by atoms with van der Waals surface area (Å²) in [6.45, 7) is 9.04. The molecule has 1 fully saturated rings. The second-order valence-electron chi connectivity index (χ2n) is 7.81. The van der Waals surface area contributed by atoms with E-state index in [1.807, 2.05) is 32.0 Å². The fourth-order valence-electron chi connectivity index (χ4n) is 3.22. The molecule has 2 amide bonds. The summed E-state index contributed by atoms with van der Waals surface area (Å²) in [5.41, 5.74) is 1.70. The molecule has 0 spiro atoms. The molecule has 2 rings (SSSR count). The minimum absolute atomic E-state index is 0.0652. The Morgan fingerprint density at radius 2 is 1.79 bits per heavy atom. The molecule has 28 heavy (non-hydrogen) atoms. The first-order chi connectivity index (χ1) is 13.4. The Balaban J connectivity index is 1.94. The van der Waals surface area contributed by atoms with E-state index in [-0.39, 0.29) is 24.3 Å². The molecule has 0 bridgehead atoms. The van der Waals surface area contributed by atoms with Crippen LogP contribution in [0.4, 0.5) is 0 Å². The van der Waals surface area contributed by atoms with Gasteiger partial charge in [-0.15, -0.1) is 0 Å². The molecule has 1 aromatic rings. The topological polar surface area (TPSA) is 88.5 Å². The number of carbonyl (C=O) groups is 2. The summed E-state index contributed by atoms with van der Waals surface area (Å²) in [4.78, 5) is 29.5. The molecule has 7 heteroatoms. The Bertz CT molecular complexity index is 688. The van der Waals surface area contributed by atoms with E-state index in [9.17, 15) is 9.59 Å². The fraction of sp³-hybridized carbons (Fsp3) is 0.571. The van der Waals surface area contributed by atoms with Gasteiger partial charge in [0.05, 0.1) is 6.07 Å². The summed E-state index contributed by atoms with van der Waals surface area (Å²) in [6, 6.07) is 8.79. The fourth-order valence-corrected chi connectivity index (χ4v) is 3.22. The van der Waals surface area contributed by atoms with Gasteiger partial charge in [-0.3, -0.25) is 14.5 Å². The van der Waals surface area contributed by atoms with Gasteiger partial charge in [-0.05, 0) is 37.1 Å². The number of amides is 2. The van der Waals surface area contributed by atoms with Gasteiger partial charge in [-0.2, -0.15) is 5.26 Å². The number of piperazine rings is 1. The van der Waals surface area contributed by atoms with Gasteiger partial charge >= 0.3 is 0 Å². The number of hydrogen-bond acceptors (Lipinski definition) is 5. The highest BCUT2D eigenvalue weighted by atomic mass is 16.2. The van der Waals surface area contributed by atoms with Crippen molar-refractivity contribution < 1.29 is 9.59 Å². The normalized spacial score (nSPS) is 16.4. The lowest BCUT2D eigenvalue weighted by atomic mass is 10.0. The zero-order chi connectivity index (χ0) is 20.5. The maximum absolute atomic E-state index is 12.6. The van der Waals surface area contributed by atoms with Crippen molar-refractivity contribution in [2.24, 2.45) is 5.92 Å². The maximum Gasteiger partial charge on any atom is 0.251 e. The first kappa shape index (κ1) is 21.9. The molecule has 0 saturated carbocycles. The molecule has 1 aromatic carbocycles. The number of nitriles is 1. The summed E-state index contributed by atoms with van der Waals surface area (Å²) in [7, 11) is 2.14. The van der Waals surface area contributed by atoms with E-state index in [2.05, 4.69) is 27.5 Å². The van der Waals surface area contributed by atoms with Crippen LogP contribution in [0, 0.1) is 17.2 Å². The van der Waals surface area contributed by atoms with E-state index in [0.717, 1.165) is 32.7 Å². The van der Waals surface area contributed by atoms with E-state index >= 15 is 0 Å². The van der Waals surface area contributed by atoms with Gasteiger partial charge in [0.25, 0.3) is 5.91 Å². The van der Waals surface area contributed by atoms with Crippen LogP contribution in [0.25, 0.3) is 0 Å². The second-order valence-corrected chi connectivity index (χ2v) is 7.81. The molecular formula is C21H31N5O2. The SMILES string of the molecule is CC(C)C[C@H](NC(=O)c1ccc(CN2CCN(C)CC2)cc1)C(=O)NCC#N. The molecular weight excluding hydrogens is 354 g/mol. The third-order valence-electron chi connectivity index (χ3n) is 4.89. The van der Waals surface area contributed by atoms with Crippen LogP contribution < -0.4 is 10.6 Å². The standard InChI is InChI=1S/C21H31N5O2/c1-16(2)14-19(21(28)23-9-8-22)24-20(27)18-6-4-17(5-7-18)15-26-12-10-25(3)11-13-26/h4-7,16,19H,9-15H2,1-3H3,(H,23,28)(H,24,27)/t19-/m0/s1. The number of benzene rings is 1. The third-order valence-corrected chi connectivity index (χ3v) is 4.89. The minimum Gasteiger partial charge on any atom is -0.341 e. The van der Waals surface area contributed by atoms with Crippen molar-refractivity contribution >= 4 is 11.8 Å². The molecule has 0 aromatic heterocycles. The second kappa shape index (κ2) is 10.8. The van der Waals surface area contributed by atoms with E-state index in [1.54, 1.807) is 12.1 Å². The predicted molar refractivity (Wildman–Crippen MR) is 109 cm³/mol. The minimum atomic E-state index is -0.647. The summed E-state index contributed by atoms with van der Waals surface area (Å²) >= 11 is 0. The Labute approximate surface area is 167 Å². The van der Waals surface area contributed by atoms with Crippen molar-refractivity contribution in [1.82, 2.24) is 20.4 Å².